The summed E-state index contributed by atoms with van der Waals surface area (Å²) in [5.41, 5.74) is 3.72. The number of nitrogens with one attached hydrogen (secondary N) is 1. The minimum atomic E-state index is -0.510. The Morgan fingerprint density at radius 2 is 1.67 bits per heavy atom. The van der Waals surface area contributed by atoms with Gasteiger partial charge in [0, 0.05) is 36.5 Å². The minimum Gasteiger partial charge on any atom is -0.486 e. The van der Waals surface area contributed by atoms with Crippen molar-refractivity contribution in [1.29, 1.82) is 0 Å². The van der Waals surface area contributed by atoms with Crippen LogP contribution in [0.5, 0.6) is 5.75 Å². The van der Waals surface area contributed by atoms with E-state index in [-0.39, 0.29) is 24.5 Å². The molecule has 1 heterocycles. The van der Waals surface area contributed by atoms with E-state index in [1.165, 1.54) is 11.1 Å². The SMILES string of the molecule is OC[C@@H]1[C@@H](Cc2ccnc(COc3ccccc3)n2)[C@H](NC2Cc3ccccc3C2)C[C@H]1O. The Balaban J connectivity index is 1.26. The lowest BCUT2D eigenvalue weighted by Crippen LogP contribution is -2.43. The first-order valence-corrected chi connectivity index (χ1v) is 11.8. The Morgan fingerprint density at radius 1 is 0.939 bits per heavy atom. The summed E-state index contributed by atoms with van der Waals surface area (Å²) in [6, 6.07) is 20.7. The van der Waals surface area contributed by atoms with E-state index in [9.17, 15) is 10.2 Å². The van der Waals surface area contributed by atoms with E-state index in [1.807, 2.05) is 36.4 Å². The second kappa shape index (κ2) is 10.00. The summed E-state index contributed by atoms with van der Waals surface area (Å²) in [5.74, 6) is 1.36. The van der Waals surface area contributed by atoms with Gasteiger partial charge in [-0.05, 0) is 60.9 Å². The molecule has 6 nitrogen and oxygen atoms in total. The Bertz CT molecular complexity index is 1040. The second-order valence-electron chi connectivity index (χ2n) is 9.23. The van der Waals surface area contributed by atoms with Crippen LogP contribution < -0.4 is 10.1 Å². The zero-order chi connectivity index (χ0) is 22.6. The van der Waals surface area contributed by atoms with Gasteiger partial charge < -0.3 is 20.3 Å². The number of rotatable bonds is 8. The predicted octanol–water partition coefficient (Wildman–Crippen LogP) is 2.71. The van der Waals surface area contributed by atoms with Gasteiger partial charge in [-0.2, -0.15) is 0 Å². The fourth-order valence-electron chi connectivity index (χ4n) is 5.45. The molecule has 33 heavy (non-hydrogen) atoms. The molecule has 2 aliphatic rings. The molecule has 0 radical (unpaired) electrons. The van der Waals surface area contributed by atoms with Crippen LogP contribution in [0.15, 0.2) is 66.9 Å². The molecule has 0 aliphatic heterocycles. The summed E-state index contributed by atoms with van der Waals surface area (Å²) in [7, 11) is 0. The number of benzene rings is 2. The van der Waals surface area contributed by atoms with E-state index < -0.39 is 6.10 Å². The summed E-state index contributed by atoms with van der Waals surface area (Å²) < 4.78 is 5.80. The molecule has 172 valence electrons. The molecule has 0 unspecified atom stereocenters. The van der Waals surface area contributed by atoms with E-state index in [0.717, 1.165) is 24.3 Å². The number of para-hydroxylation sites is 1. The summed E-state index contributed by atoms with van der Waals surface area (Å²) in [6.07, 6.45) is 4.60. The van der Waals surface area contributed by atoms with Crippen molar-refractivity contribution >= 4 is 0 Å². The molecule has 1 aromatic heterocycles. The van der Waals surface area contributed by atoms with Crippen molar-refractivity contribution in [3.8, 4) is 5.75 Å². The monoisotopic (exact) mass is 445 g/mol. The van der Waals surface area contributed by atoms with E-state index in [4.69, 9.17) is 9.72 Å². The van der Waals surface area contributed by atoms with Crippen LogP contribution in [-0.2, 0) is 25.9 Å². The zero-order valence-electron chi connectivity index (χ0n) is 18.7. The Kier molecular flexibility index (Phi) is 6.67. The highest BCUT2D eigenvalue weighted by molar-refractivity contribution is 5.33. The van der Waals surface area contributed by atoms with Crippen LogP contribution in [0.4, 0.5) is 0 Å². The van der Waals surface area contributed by atoms with Gasteiger partial charge in [-0.25, -0.2) is 9.97 Å². The number of aliphatic hydroxyl groups excluding tert-OH is 2. The molecule has 2 aromatic carbocycles. The molecule has 3 aromatic rings. The fraction of sp³-hybridized carbons (Fsp3) is 0.407. The lowest BCUT2D eigenvalue weighted by Gasteiger charge is -2.27. The molecule has 0 spiro atoms. The number of ether oxygens (including phenoxy) is 1. The Morgan fingerprint density at radius 3 is 2.39 bits per heavy atom. The third kappa shape index (κ3) is 5.08. The number of fused-ring (bicyclic) bond motifs is 1. The average Bonchev–Trinajstić information content (AvgIpc) is 3.38. The summed E-state index contributed by atoms with van der Waals surface area (Å²) in [6.45, 7) is 0.278. The molecular formula is C27H31N3O3. The molecule has 1 fully saturated rings. The van der Waals surface area contributed by atoms with Crippen molar-refractivity contribution in [3.63, 3.8) is 0 Å². The van der Waals surface area contributed by atoms with E-state index in [0.29, 0.717) is 31.3 Å². The van der Waals surface area contributed by atoms with Crippen molar-refractivity contribution in [2.75, 3.05) is 6.61 Å². The van der Waals surface area contributed by atoms with Crippen LogP contribution in [0.3, 0.4) is 0 Å². The highest BCUT2D eigenvalue weighted by Gasteiger charge is 2.43. The highest BCUT2D eigenvalue weighted by Crippen LogP contribution is 2.36. The number of hydrogen-bond donors (Lipinski definition) is 3. The van der Waals surface area contributed by atoms with Gasteiger partial charge in [0.1, 0.15) is 12.4 Å². The van der Waals surface area contributed by atoms with Crippen molar-refractivity contribution in [3.05, 3.63) is 89.5 Å². The van der Waals surface area contributed by atoms with Gasteiger partial charge in [0.15, 0.2) is 5.82 Å². The number of aromatic nitrogens is 2. The average molecular weight is 446 g/mol. The van der Waals surface area contributed by atoms with Gasteiger partial charge >= 0.3 is 0 Å². The fourth-order valence-corrected chi connectivity index (χ4v) is 5.45. The molecule has 6 heteroatoms. The summed E-state index contributed by atoms with van der Waals surface area (Å²) in [4.78, 5) is 9.07. The number of hydrogen-bond acceptors (Lipinski definition) is 6. The molecule has 4 atom stereocenters. The Hall–Kier alpha value is -2.80. The van der Waals surface area contributed by atoms with Gasteiger partial charge in [-0.15, -0.1) is 0 Å². The molecule has 3 N–H and O–H groups in total. The molecule has 0 saturated heterocycles. The molecule has 1 saturated carbocycles. The first-order valence-electron chi connectivity index (χ1n) is 11.8. The van der Waals surface area contributed by atoms with Crippen LogP contribution >= 0.6 is 0 Å². The first kappa shape index (κ1) is 22.0. The van der Waals surface area contributed by atoms with Crippen LogP contribution in [-0.4, -0.2) is 45.0 Å². The first-order chi connectivity index (χ1) is 16.2. The maximum absolute atomic E-state index is 10.7. The lowest BCUT2D eigenvalue weighted by atomic mass is 9.88. The van der Waals surface area contributed by atoms with Crippen LogP contribution in [0, 0.1) is 11.8 Å². The van der Waals surface area contributed by atoms with Gasteiger partial charge in [0.05, 0.1) is 6.10 Å². The van der Waals surface area contributed by atoms with Gasteiger partial charge in [-0.1, -0.05) is 42.5 Å². The quantitative estimate of drug-likeness (QED) is 0.494. The van der Waals surface area contributed by atoms with Gasteiger partial charge in [0.25, 0.3) is 0 Å². The van der Waals surface area contributed by atoms with Crippen LogP contribution in [0.2, 0.25) is 0 Å². The van der Waals surface area contributed by atoms with Crippen molar-refractivity contribution in [2.45, 2.75) is 50.5 Å². The number of nitrogens with zero attached hydrogens (tertiary/aromatic N) is 2. The topological polar surface area (TPSA) is 87.5 Å². The standard InChI is InChI=1S/C27H31N3O3/c31-16-24-23(14-20-10-11-28-27(30-20)17-33-22-8-2-1-3-9-22)25(15-26(24)32)29-21-12-18-6-4-5-7-19(18)13-21/h1-11,21,23-26,29,31-32H,12-17H2/t23-,24-,25-,26-/m1/s1. The third-order valence-electron chi connectivity index (χ3n) is 7.09. The molecular weight excluding hydrogens is 414 g/mol. The highest BCUT2D eigenvalue weighted by atomic mass is 16.5. The normalized spacial score (nSPS) is 24.7. The molecule has 0 bridgehead atoms. The summed E-state index contributed by atoms with van der Waals surface area (Å²) >= 11 is 0. The lowest BCUT2D eigenvalue weighted by molar-refractivity contribution is 0.0715. The van der Waals surface area contributed by atoms with E-state index in [1.54, 1.807) is 6.20 Å². The van der Waals surface area contributed by atoms with Crippen LogP contribution in [0.25, 0.3) is 0 Å². The van der Waals surface area contributed by atoms with Crippen LogP contribution in [0.1, 0.15) is 29.1 Å². The predicted molar refractivity (Wildman–Crippen MR) is 126 cm³/mol. The maximum atomic E-state index is 10.7. The van der Waals surface area contributed by atoms with Gasteiger partial charge in [-0.3, -0.25) is 0 Å². The molecule has 0 amide bonds. The van der Waals surface area contributed by atoms with E-state index >= 15 is 0 Å². The Labute approximate surface area is 194 Å². The van der Waals surface area contributed by atoms with Crippen molar-refractivity contribution in [2.24, 2.45) is 11.8 Å². The molecule has 5 rings (SSSR count). The zero-order valence-corrected chi connectivity index (χ0v) is 18.7. The van der Waals surface area contributed by atoms with E-state index in [2.05, 4.69) is 34.6 Å². The van der Waals surface area contributed by atoms with Crippen molar-refractivity contribution < 1.29 is 14.9 Å². The smallest absolute Gasteiger partial charge is 0.166 e. The summed E-state index contributed by atoms with van der Waals surface area (Å²) in [5, 5.41) is 24.5. The third-order valence-corrected chi connectivity index (χ3v) is 7.09. The minimum absolute atomic E-state index is 0.0238. The van der Waals surface area contributed by atoms with Gasteiger partial charge in [0.2, 0.25) is 0 Å². The number of aliphatic hydroxyl groups is 2. The maximum Gasteiger partial charge on any atom is 0.166 e. The molecule has 2 aliphatic carbocycles. The second-order valence-corrected chi connectivity index (χ2v) is 9.23. The largest absolute Gasteiger partial charge is 0.486 e. The van der Waals surface area contributed by atoms with Crippen molar-refractivity contribution in [1.82, 2.24) is 15.3 Å².